The summed E-state index contributed by atoms with van der Waals surface area (Å²) in [7, 11) is 1.86. The number of Topliss-reactive ketones (excluding diaryl/α,β-unsaturated/α-hetero) is 1. The first kappa shape index (κ1) is 12.6. The zero-order valence-electron chi connectivity index (χ0n) is 11.1. The largest absolute Gasteiger partial charge is 0.476 e. The number of ketones is 1. The van der Waals surface area contributed by atoms with Crippen LogP contribution in [0, 0.1) is 0 Å². The lowest BCUT2D eigenvalue weighted by Gasteiger charge is -2.01. The molecule has 0 atom stereocenters. The molecule has 2 aromatic rings. The molecule has 2 rings (SSSR count). The van der Waals surface area contributed by atoms with Gasteiger partial charge in [0.05, 0.1) is 17.5 Å². The molecule has 0 amide bonds. The Hall–Kier alpha value is -1.84. The third-order valence-electron chi connectivity index (χ3n) is 2.96. The molecule has 0 aliphatic rings. The lowest BCUT2D eigenvalue weighted by atomic mass is 10.1. The van der Waals surface area contributed by atoms with Crippen LogP contribution in [0.2, 0.25) is 0 Å². The number of aromatic nitrogens is 2. The van der Waals surface area contributed by atoms with Gasteiger partial charge < -0.3 is 4.74 Å². The number of aryl methyl sites for hydroxylation is 1. The molecule has 0 spiro atoms. The van der Waals surface area contributed by atoms with Crippen LogP contribution in [0.25, 0.3) is 10.9 Å². The maximum absolute atomic E-state index is 11.4. The molecular weight excluding hydrogens is 228 g/mol. The van der Waals surface area contributed by atoms with Gasteiger partial charge in [0, 0.05) is 12.6 Å². The zero-order chi connectivity index (χ0) is 13.1. The first-order valence-electron chi connectivity index (χ1n) is 6.24. The van der Waals surface area contributed by atoms with Crippen molar-refractivity contribution < 1.29 is 9.53 Å². The molecule has 0 radical (unpaired) electrons. The Morgan fingerprint density at radius 1 is 1.44 bits per heavy atom. The molecule has 0 aliphatic heterocycles. The highest BCUT2D eigenvalue weighted by Gasteiger charge is 2.11. The summed E-state index contributed by atoms with van der Waals surface area (Å²) >= 11 is 0. The van der Waals surface area contributed by atoms with Crippen LogP contribution in [0.15, 0.2) is 18.2 Å². The van der Waals surface area contributed by atoms with Crippen molar-refractivity contribution in [3.8, 4) is 5.88 Å². The molecule has 0 saturated carbocycles. The first-order chi connectivity index (χ1) is 8.63. The fraction of sp³-hybridized carbons (Fsp3) is 0.429. The third-order valence-corrected chi connectivity index (χ3v) is 2.96. The number of hydrogen-bond acceptors (Lipinski definition) is 3. The number of fused-ring (bicyclic) bond motifs is 1. The molecular formula is C14H18N2O2. The summed E-state index contributed by atoms with van der Waals surface area (Å²) in [6.07, 6.45) is 2.11. The number of carbonyl (C=O) groups excluding carboxylic acids is 1. The van der Waals surface area contributed by atoms with Gasteiger partial charge in [-0.15, -0.1) is 5.10 Å². The number of hydrogen-bond donors (Lipinski definition) is 0. The molecule has 0 aliphatic carbocycles. The number of unbranched alkanes of at least 4 members (excludes halogenated alkanes) is 1. The van der Waals surface area contributed by atoms with Gasteiger partial charge in [-0.25, -0.2) is 0 Å². The summed E-state index contributed by atoms with van der Waals surface area (Å²) in [5.74, 6) is 0.711. The van der Waals surface area contributed by atoms with Gasteiger partial charge in [0.1, 0.15) is 0 Å². The quantitative estimate of drug-likeness (QED) is 0.601. The van der Waals surface area contributed by atoms with Gasteiger partial charge in [0.25, 0.3) is 0 Å². The van der Waals surface area contributed by atoms with E-state index in [1.807, 2.05) is 25.2 Å². The molecule has 18 heavy (non-hydrogen) atoms. The zero-order valence-corrected chi connectivity index (χ0v) is 11.1. The molecule has 0 saturated heterocycles. The standard InChI is InChI=1S/C14H18N2O2/c1-4-5-8-18-14-12-7-6-11(10(2)17)9-13(12)16(3)15-14/h6-7,9H,4-5,8H2,1-3H3. The van der Waals surface area contributed by atoms with Crippen LogP contribution in [0.1, 0.15) is 37.0 Å². The van der Waals surface area contributed by atoms with Crippen LogP contribution in [-0.2, 0) is 7.05 Å². The van der Waals surface area contributed by atoms with Crippen molar-refractivity contribution in [2.45, 2.75) is 26.7 Å². The lowest BCUT2D eigenvalue weighted by Crippen LogP contribution is -1.98. The van der Waals surface area contributed by atoms with E-state index < -0.39 is 0 Å². The van der Waals surface area contributed by atoms with E-state index in [0.29, 0.717) is 18.1 Å². The summed E-state index contributed by atoms with van der Waals surface area (Å²) in [4.78, 5) is 11.4. The average molecular weight is 246 g/mol. The molecule has 4 heteroatoms. The van der Waals surface area contributed by atoms with Crippen molar-refractivity contribution in [3.05, 3.63) is 23.8 Å². The second kappa shape index (κ2) is 5.21. The second-order valence-electron chi connectivity index (χ2n) is 4.42. The molecule has 0 bridgehead atoms. The number of nitrogens with zero attached hydrogens (tertiary/aromatic N) is 2. The Morgan fingerprint density at radius 2 is 2.22 bits per heavy atom. The van der Waals surface area contributed by atoms with E-state index >= 15 is 0 Å². The molecule has 0 N–H and O–H groups in total. The predicted octanol–water partition coefficient (Wildman–Crippen LogP) is 2.95. The minimum absolute atomic E-state index is 0.0616. The minimum Gasteiger partial charge on any atom is -0.476 e. The van der Waals surface area contributed by atoms with Gasteiger partial charge >= 0.3 is 0 Å². The van der Waals surface area contributed by atoms with E-state index in [1.54, 1.807) is 11.6 Å². The normalized spacial score (nSPS) is 10.8. The number of rotatable bonds is 5. The Balaban J connectivity index is 2.36. The Labute approximate surface area is 107 Å². The fourth-order valence-electron chi connectivity index (χ4n) is 1.86. The summed E-state index contributed by atoms with van der Waals surface area (Å²) in [6.45, 7) is 4.37. The van der Waals surface area contributed by atoms with Gasteiger partial charge in [-0.1, -0.05) is 19.4 Å². The molecule has 4 nitrogen and oxygen atoms in total. The van der Waals surface area contributed by atoms with Crippen LogP contribution < -0.4 is 4.74 Å². The molecule has 96 valence electrons. The fourth-order valence-corrected chi connectivity index (χ4v) is 1.86. The van der Waals surface area contributed by atoms with Crippen molar-refractivity contribution in [1.29, 1.82) is 0 Å². The molecule has 1 aromatic heterocycles. The van der Waals surface area contributed by atoms with Crippen LogP contribution in [0.5, 0.6) is 5.88 Å². The summed E-state index contributed by atoms with van der Waals surface area (Å²) in [5, 5.41) is 5.30. The summed E-state index contributed by atoms with van der Waals surface area (Å²) in [6, 6.07) is 5.58. The highest BCUT2D eigenvalue weighted by Crippen LogP contribution is 2.25. The highest BCUT2D eigenvalue weighted by atomic mass is 16.5. The smallest absolute Gasteiger partial charge is 0.240 e. The maximum atomic E-state index is 11.4. The van der Waals surface area contributed by atoms with E-state index in [4.69, 9.17) is 4.74 Å². The minimum atomic E-state index is 0.0616. The van der Waals surface area contributed by atoms with Crippen LogP contribution >= 0.6 is 0 Å². The van der Waals surface area contributed by atoms with Gasteiger partial charge in [0.15, 0.2) is 5.78 Å². The molecule has 0 fully saturated rings. The number of ether oxygens (including phenoxy) is 1. The topological polar surface area (TPSA) is 44.1 Å². The molecule has 1 heterocycles. The Morgan fingerprint density at radius 3 is 2.89 bits per heavy atom. The van der Waals surface area contributed by atoms with Crippen molar-refractivity contribution in [1.82, 2.24) is 9.78 Å². The second-order valence-corrected chi connectivity index (χ2v) is 4.42. The van der Waals surface area contributed by atoms with Crippen LogP contribution in [-0.4, -0.2) is 22.2 Å². The van der Waals surface area contributed by atoms with Gasteiger partial charge in [0.2, 0.25) is 5.88 Å². The van der Waals surface area contributed by atoms with E-state index in [9.17, 15) is 4.79 Å². The molecule has 0 unspecified atom stereocenters. The first-order valence-corrected chi connectivity index (χ1v) is 6.24. The number of benzene rings is 1. The average Bonchev–Trinajstić information content (AvgIpc) is 2.66. The summed E-state index contributed by atoms with van der Waals surface area (Å²) in [5.41, 5.74) is 1.62. The van der Waals surface area contributed by atoms with E-state index in [1.165, 1.54) is 0 Å². The van der Waals surface area contributed by atoms with E-state index in [2.05, 4.69) is 12.0 Å². The molecule has 1 aromatic carbocycles. The van der Waals surface area contributed by atoms with Crippen LogP contribution in [0.3, 0.4) is 0 Å². The maximum Gasteiger partial charge on any atom is 0.240 e. The predicted molar refractivity (Wildman–Crippen MR) is 71.1 cm³/mol. The van der Waals surface area contributed by atoms with Crippen LogP contribution in [0.4, 0.5) is 0 Å². The Bertz CT molecular complexity index is 572. The van der Waals surface area contributed by atoms with Crippen molar-refractivity contribution in [3.63, 3.8) is 0 Å². The van der Waals surface area contributed by atoms with E-state index in [-0.39, 0.29) is 5.78 Å². The van der Waals surface area contributed by atoms with Crippen molar-refractivity contribution in [2.24, 2.45) is 7.05 Å². The van der Waals surface area contributed by atoms with Gasteiger partial charge in [-0.3, -0.25) is 9.48 Å². The van der Waals surface area contributed by atoms with Gasteiger partial charge in [-0.2, -0.15) is 0 Å². The monoisotopic (exact) mass is 246 g/mol. The number of carbonyl (C=O) groups is 1. The van der Waals surface area contributed by atoms with Crippen molar-refractivity contribution >= 4 is 16.7 Å². The Kier molecular flexibility index (Phi) is 3.65. The highest BCUT2D eigenvalue weighted by molar-refractivity contribution is 5.98. The van der Waals surface area contributed by atoms with Gasteiger partial charge in [-0.05, 0) is 25.5 Å². The van der Waals surface area contributed by atoms with Crippen molar-refractivity contribution in [2.75, 3.05) is 6.61 Å². The summed E-state index contributed by atoms with van der Waals surface area (Å²) < 4.78 is 7.42. The van der Waals surface area contributed by atoms with E-state index in [0.717, 1.165) is 23.7 Å². The lowest BCUT2D eigenvalue weighted by molar-refractivity contribution is 0.101. The third kappa shape index (κ3) is 2.37. The SMILES string of the molecule is CCCCOc1nn(C)c2cc(C(C)=O)ccc12.